The fraction of sp³-hybridized carbons (Fsp3) is 1.00. The van der Waals surface area contributed by atoms with Gasteiger partial charge in [0.05, 0.1) is 22.9 Å². The van der Waals surface area contributed by atoms with Crippen LogP contribution >= 0.6 is 0 Å². The number of aliphatic hydroxyl groups is 1. The zero-order valence-corrected chi connectivity index (χ0v) is 11.0. The lowest BCUT2D eigenvalue weighted by Crippen LogP contribution is -2.39. The average molecular weight is 283 g/mol. The highest BCUT2D eigenvalue weighted by Gasteiger charge is 2.38. The van der Waals surface area contributed by atoms with E-state index in [1.807, 2.05) is 0 Å². The Morgan fingerprint density at radius 2 is 1.94 bits per heavy atom. The molecule has 6 nitrogen and oxygen atoms in total. The number of sulfone groups is 1. The molecular weight excluding hydrogens is 266 g/mol. The fourth-order valence-electron chi connectivity index (χ4n) is 1.97. The van der Waals surface area contributed by atoms with E-state index in [4.69, 9.17) is 0 Å². The summed E-state index contributed by atoms with van der Waals surface area (Å²) < 4.78 is 48.3. The van der Waals surface area contributed by atoms with Gasteiger partial charge in [-0.1, -0.05) is 0 Å². The van der Waals surface area contributed by atoms with Crippen LogP contribution in [-0.4, -0.2) is 51.3 Å². The van der Waals surface area contributed by atoms with E-state index in [2.05, 4.69) is 4.72 Å². The van der Waals surface area contributed by atoms with E-state index in [0.717, 1.165) is 12.8 Å². The van der Waals surface area contributed by atoms with Gasteiger partial charge < -0.3 is 5.11 Å². The second kappa shape index (κ2) is 4.49. The Hall–Kier alpha value is -0.180. The van der Waals surface area contributed by atoms with Gasteiger partial charge in [0.25, 0.3) is 0 Å². The van der Waals surface area contributed by atoms with Crippen LogP contribution in [0, 0.1) is 5.92 Å². The summed E-state index contributed by atoms with van der Waals surface area (Å²) in [5.41, 5.74) is 0. The lowest BCUT2D eigenvalue weighted by atomic mass is 10.2. The molecule has 0 aromatic carbocycles. The largest absolute Gasteiger partial charge is 0.391 e. The van der Waals surface area contributed by atoms with Crippen molar-refractivity contribution in [1.29, 1.82) is 0 Å². The molecule has 1 saturated heterocycles. The summed E-state index contributed by atoms with van der Waals surface area (Å²) in [5, 5.41) is 8.69. The van der Waals surface area contributed by atoms with Crippen LogP contribution in [0.25, 0.3) is 0 Å². The third kappa shape index (κ3) is 3.40. The zero-order valence-electron chi connectivity index (χ0n) is 9.37. The molecule has 100 valence electrons. The number of sulfonamides is 1. The molecule has 1 heterocycles. The molecule has 2 N–H and O–H groups in total. The van der Waals surface area contributed by atoms with Crippen molar-refractivity contribution >= 4 is 19.9 Å². The van der Waals surface area contributed by atoms with E-state index >= 15 is 0 Å². The molecule has 2 aliphatic rings. The van der Waals surface area contributed by atoms with E-state index in [1.54, 1.807) is 0 Å². The molecule has 1 aliphatic heterocycles. The Morgan fingerprint density at radius 3 is 2.41 bits per heavy atom. The number of nitrogens with one attached hydrogen (secondary N) is 1. The summed E-state index contributed by atoms with van der Waals surface area (Å²) >= 11 is 0. The second-order valence-corrected chi connectivity index (χ2v) is 9.10. The lowest BCUT2D eigenvalue weighted by Gasteiger charge is -2.14. The van der Waals surface area contributed by atoms with E-state index in [0.29, 0.717) is 0 Å². The molecule has 1 saturated carbocycles. The third-order valence-electron chi connectivity index (χ3n) is 3.29. The molecule has 0 spiro atoms. The first-order valence-electron chi connectivity index (χ1n) is 5.67. The van der Waals surface area contributed by atoms with Gasteiger partial charge in [-0.25, -0.2) is 21.6 Å². The Kier molecular flexibility index (Phi) is 3.50. The van der Waals surface area contributed by atoms with E-state index in [-0.39, 0.29) is 30.4 Å². The predicted molar refractivity (Wildman–Crippen MR) is 62.7 cm³/mol. The van der Waals surface area contributed by atoms with Gasteiger partial charge >= 0.3 is 0 Å². The standard InChI is InChI=1S/C9H17NO5S2/c11-9(7-1-2-7)5-10-17(14,15)8-3-4-16(12,13)6-8/h7-11H,1-6H2. The highest BCUT2D eigenvalue weighted by atomic mass is 32.2. The summed E-state index contributed by atoms with van der Waals surface area (Å²) in [6.07, 6.45) is 1.36. The van der Waals surface area contributed by atoms with Gasteiger partial charge in [0.2, 0.25) is 10.0 Å². The van der Waals surface area contributed by atoms with Crippen LogP contribution < -0.4 is 4.72 Å². The van der Waals surface area contributed by atoms with Crippen LogP contribution in [0.3, 0.4) is 0 Å². The molecular formula is C9H17NO5S2. The fourth-order valence-corrected chi connectivity index (χ4v) is 6.07. The first-order valence-corrected chi connectivity index (χ1v) is 9.04. The van der Waals surface area contributed by atoms with Crippen LogP contribution in [0.2, 0.25) is 0 Å². The van der Waals surface area contributed by atoms with Crippen LogP contribution in [0.5, 0.6) is 0 Å². The van der Waals surface area contributed by atoms with Gasteiger partial charge in [0.15, 0.2) is 9.84 Å². The quantitative estimate of drug-likeness (QED) is 0.664. The molecule has 0 bridgehead atoms. The molecule has 2 atom stereocenters. The highest BCUT2D eigenvalue weighted by Crippen LogP contribution is 2.32. The van der Waals surface area contributed by atoms with Gasteiger partial charge in [0, 0.05) is 6.54 Å². The minimum Gasteiger partial charge on any atom is -0.391 e. The topological polar surface area (TPSA) is 101 Å². The second-order valence-electron chi connectivity index (χ2n) is 4.82. The normalized spacial score (nSPS) is 30.3. The number of hydrogen-bond acceptors (Lipinski definition) is 5. The van der Waals surface area contributed by atoms with Gasteiger partial charge in [0.1, 0.15) is 0 Å². The molecule has 0 aromatic rings. The van der Waals surface area contributed by atoms with Crippen molar-refractivity contribution < 1.29 is 21.9 Å². The predicted octanol–water partition coefficient (Wildman–Crippen LogP) is -1.14. The summed E-state index contributed by atoms with van der Waals surface area (Å²) in [4.78, 5) is 0. The first-order chi connectivity index (χ1) is 7.80. The smallest absolute Gasteiger partial charge is 0.215 e. The molecule has 2 unspecified atom stereocenters. The van der Waals surface area contributed by atoms with Crippen LogP contribution in [0.4, 0.5) is 0 Å². The van der Waals surface area contributed by atoms with Crippen molar-refractivity contribution in [2.75, 3.05) is 18.1 Å². The molecule has 2 rings (SSSR count). The van der Waals surface area contributed by atoms with Gasteiger partial charge in [-0.3, -0.25) is 0 Å². The van der Waals surface area contributed by atoms with Crippen molar-refractivity contribution in [1.82, 2.24) is 4.72 Å². The number of rotatable bonds is 5. The average Bonchev–Trinajstić information content (AvgIpc) is 3.00. The Morgan fingerprint density at radius 1 is 1.29 bits per heavy atom. The zero-order chi connectivity index (χ0) is 12.7. The molecule has 0 aromatic heterocycles. The van der Waals surface area contributed by atoms with Crippen LogP contribution in [0.1, 0.15) is 19.3 Å². The van der Waals surface area contributed by atoms with Crippen molar-refractivity contribution in [2.24, 2.45) is 5.92 Å². The van der Waals surface area contributed by atoms with Crippen LogP contribution in [0.15, 0.2) is 0 Å². The maximum atomic E-state index is 11.8. The van der Waals surface area contributed by atoms with Gasteiger partial charge in [-0.2, -0.15) is 0 Å². The van der Waals surface area contributed by atoms with E-state index in [1.165, 1.54) is 0 Å². The number of aliphatic hydroxyl groups excluding tert-OH is 1. The lowest BCUT2D eigenvalue weighted by molar-refractivity contribution is 0.155. The summed E-state index contributed by atoms with van der Waals surface area (Å²) in [7, 11) is -6.82. The molecule has 0 radical (unpaired) electrons. The maximum absolute atomic E-state index is 11.8. The minimum absolute atomic E-state index is 0.0104. The molecule has 1 aliphatic carbocycles. The monoisotopic (exact) mass is 283 g/mol. The SMILES string of the molecule is O=S1(=O)CCC(S(=O)(=O)NCC(O)C2CC2)C1. The van der Waals surface area contributed by atoms with Crippen molar-refractivity contribution in [3.63, 3.8) is 0 Å². The first kappa shape index (κ1) is 13.3. The Labute approximate surface area is 101 Å². The van der Waals surface area contributed by atoms with Crippen molar-refractivity contribution in [3.8, 4) is 0 Å². The van der Waals surface area contributed by atoms with Crippen LogP contribution in [-0.2, 0) is 19.9 Å². The highest BCUT2D eigenvalue weighted by molar-refractivity contribution is 7.95. The van der Waals surface area contributed by atoms with E-state index < -0.39 is 31.2 Å². The Bertz CT molecular complexity index is 480. The number of hydrogen-bond donors (Lipinski definition) is 2. The van der Waals surface area contributed by atoms with Crippen molar-refractivity contribution in [2.45, 2.75) is 30.6 Å². The summed E-state index contributed by atoms with van der Waals surface area (Å²) in [6.45, 7) is -0.0104. The summed E-state index contributed by atoms with van der Waals surface area (Å²) in [5.74, 6) is -0.170. The molecule has 2 fully saturated rings. The summed E-state index contributed by atoms with van der Waals surface area (Å²) in [6, 6.07) is 0. The molecule has 0 amide bonds. The maximum Gasteiger partial charge on any atom is 0.215 e. The molecule has 17 heavy (non-hydrogen) atoms. The Balaban J connectivity index is 1.90. The van der Waals surface area contributed by atoms with Gasteiger partial charge in [-0.15, -0.1) is 0 Å². The minimum atomic E-state index is -3.62. The van der Waals surface area contributed by atoms with Crippen molar-refractivity contribution in [3.05, 3.63) is 0 Å². The van der Waals surface area contributed by atoms with E-state index in [9.17, 15) is 21.9 Å². The third-order valence-corrected chi connectivity index (χ3v) is 7.12. The molecule has 8 heteroatoms. The van der Waals surface area contributed by atoms with Gasteiger partial charge in [-0.05, 0) is 25.2 Å².